The highest BCUT2D eigenvalue weighted by Crippen LogP contribution is 2.15. The molecule has 0 spiro atoms. The maximum Gasteiger partial charge on any atom is 0.191 e. The fourth-order valence-corrected chi connectivity index (χ4v) is 4.03. The summed E-state index contributed by atoms with van der Waals surface area (Å²) in [6.45, 7) is 5.78. The van der Waals surface area contributed by atoms with Crippen molar-refractivity contribution in [3.8, 4) is 0 Å². The Balaban J connectivity index is 1.41. The minimum absolute atomic E-state index is 0.177. The number of likely N-dealkylation sites (tertiary alicyclic amines) is 1. The second-order valence-corrected chi connectivity index (χ2v) is 8.02. The van der Waals surface area contributed by atoms with Crippen molar-refractivity contribution in [3.05, 3.63) is 51.7 Å². The maximum atomic E-state index is 13.0. The van der Waals surface area contributed by atoms with E-state index in [1.807, 2.05) is 18.3 Å². The van der Waals surface area contributed by atoms with Crippen LogP contribution in [0.5, 0.6) is 0 Å². The predicted octanol–water partition coefficient (Wildman–Crippen LogP) is 3.17. The van der Waals surface area contributed by atoms with Gasteiger partial charge in [0.2, 0.25) is 0 Å². The Kier molecular flexibility index (Phi) is 7.18. The van der Waals surface area contributed by atoms with Crippen LogP contribution in [-0.2, 0) is 19.5 Å². The van der Waals surface area contributed by atoms with Gasteiger partial charge in [-0.2, -0.15) is 0 Å². The third-order valence-corrected chi connectivity index (χ3v) is 5.97. The largest absolute Gasteiger partial charge is 0.354 e. The molecule has 0 saturated carbocycles. The highest BCUT2D eigenvalue weighted by Gasteiger charge is 2.20. The summed E-state index contributed by atoms with van der Waals surface area (Å²) in [7, 11) is 1.80. The lowest BCUT2D eigenvalue weighted by Gasteiger charge is -2.33. The summed E-state index contributed by atoms with van der Waals surface area (Å²) in [6.07, 6.45) is 5.12. The van der Waals surface area contributed by atoms with Gasteiger partial charge >= 0.3 is 0 Å². The first-order valence-electron chi connectivity index (χ1n) is 9.54. The smallest absolute Gasteiger partial charge is 0.191 e. The van der Waals surface area contributed by atoms with E-state index in [9.17, 15) is 4.39 Å². The van der Waals surface area contributed by atoms with Crippen LogP contribution >= 0.6 is 11.3 Å². The molecule has 0 radical (unpaired) electrons. The second kappa shape index (κ2) is 9.80. The van der Waals surface area contributed by atoms with Gasteiger partial charge in [0, 0.05) is 43.8 Å². The minimum Gasteiger partial charge on any atom is -0.354 e. The molecule has 0 amide bonds. The molecule has 0 atom stereocenters. The van der Waals surface area contributed by atoms with Gasteiger partial charge in [0.25, 0.3) is 0 Å². The number of halogens is 1. The van der Waals surface area contributed by atoms with Crippen LogP contribution in [0.1, 0.15) is 35.2 Å². The molecule has 1 aliphatic heterocycles. The molecule has 1 aliphatic rings. The number of hydrogen-bond donors (Lipinski definition) is 2. The van der Waals surface area contributed by atoms with Gasteiger partial charge in [0.15, 0.2) is 5.96 Å². The predicted molar refractivity (Wildman–Crippen MR) is 110 cm³/mol. The van der Waals surface area contributed by atoms with Crippen molar-refractivity contribution in [2.45, 2.75) is 45.3 Å². The van der Waals surface area contributed by atoms with E-state index in [-0.39, 0.29) is 5.82 Å². The van der Waals surface area contributed by atoms with E-state index in [1.54, 1.807) is 18.4 Å². The molecule has 3 rings (SSSR count). The lowest BCUT2D eigenvalue weighted by Crippen LogP contribution is -2.48. The van der Waals surface area contributed by atoms with Crippen LogP contribution in [0.4, 0.5) is 4.39 Å². The van der Waals surface area contributed by atoms with E-state index in [1.165, 1.54) is 17.0 Å². The van der Waals surface area contributed by atoms with Crippen molar-refractivity contribution in [2.75, 3.05) is 20.1 Å². The number of aromatic nitrogens is 1. The topological polar surface area (TPSA) is 52.6 Å². The normalized spacial score (nSPS) is 16.5. The fourth-order valence-electron chi connectivity index (χ4n) is 3.22. The molecule has 0 aliphatic carbocycles. The maximum absolute atomic E-state index is 13.0. The standard InChI is InChI=1S/C20H28FN5S/c1-3-18-12-23-19(27-18)13-24-20(22-2)25-17-8-10-26(11-9-17)14-15-4-6-16(21)7-5-15/h4-7,12,17H,3,8-11,13-14H2,1-2H3,(H2,22,24,25). The average Bonchev–Trinajstić information content (AvgIpc) is 3.16. The zero-order valence-corrected chi connectivity index (χ0v) is 16.9. The highest BCUT2D eigenvalue weighted by molar-refractivity contribution is 7.11. The van der Waals surface area contributed by atoms with E-state index in [0.29, 0.717) is 12.6 Å². The molecule has 7 heteroatoms. The molecular weight excluding hydrogens is 361 g/mol. The number of rotatable bonds is 6. The number of benzene rings is 1. The summed E-state index contributed by atoms with van der Waals surface area (Å²) in [4.78, 5) is 12.5. The molecule has 0 unspecified atom stereocenters. The lowest BCUT2D eigenvalue weighted by atomic mass is 10.0. The molecule has 2 N–H and O–H groups in total. The van der Waals surface area contributed by atoms with E-state index >= 15 is 0 Å². The zero-order valence-electron chi connectivity index (χ0n) is 16.0. The lowest BCUT2D eigenvalue weighted by molar-refractivity contribution is 0.198. The summed E-state index contributed by atoms with van der Waals surface area (Å²) in [6, 6.07) is 7.22. The van der Waals surface area contributed by atoms with Crippen LogP contribution in [0.3, 0.4) is 0 Å². The Morgan fingerprint density at radius 3 is 2.67 bits per heavy atom. The molecular formula is C20H28FN5S. The van der Waals surface area contributed by atoms with Crippen molar-refractivity contribution < 1.29 is 4.39 Å². The zero-order chi connectivity index (χ0) is 19.1. The first kappa shape index (κ1) is 19.8. The van der Waals surface area contributed by atoms with Gasteiger partial charge in [-0.05, 0) is 37.0 Å². The molecule has 0 bridgehead atoms. The molecule has 1 aromatic heterocycles. The Morgan fingerprint density at radius 1 is 1.30 bits per heavy atom. The summed E-state index contributed by atoms with van der Waals surface area (Å²) >= 11 is 1.75. The van der Waals surface area contributed by atoms with E-state index in [0.717, 1.165) is 55.4 Å². The summed E-state index contributed by atoms with van der Waals surface area (Å²) in [5.74, 6) is 0.657. The number of aliphatic imine (C=N–C) groups is 1. The van der Waals surface area contributed by atoms with Crippen molar-refractivity contribution in [1.29, 1.82) is 0 Å². The number of nitrogens with one attached hydrogen (secondary N) is 2. The number of hydrogen-bond acceptors (Lipinski definition) is 4. The van der Waals surface area contributed by atoms with Gasteiger partial charge in [-0.25, -0.2) is 9.37 Å². The van der Waals surface area contributed by atoms with Gasteiger partial charge in [-0.3, -0.25) is 9.89 Å². The van der Waals surface area contributed by atoms with Crippen LogP contribution < -0.4 is 10.6 Å². The van der Waals surface area contributed by atoms with E-state index < -0.39 is 0 Å². The van der Waals surface area contributed by atoms with Gasteiger partial charge < -0.3 is 10.6 Å². The minimum atomic E-state index is -0.177. The summed E-state index contributed by atoms with van der Waals surface area (Å²) < 4.78 is 13.0. The average molecular weight is 390 g/mol. The number of guanidine groups is 1. The Bertz CT molecular complexity index is 735. The SMILES string of the molecule is CCc1cnc(CNC(=NC)NC2CCN(Cc3ccc(F)cc3)CC2)s1. The molecule has 1 saturated heterocycles. The second-order valence-electron chi connectivity index (χ2n) is 6.82. The van der Waals surface area contributed by atoms with Gasteiger partial charge in [-0.15, -0.1) is 11.3 Å². The van der Waals surface area contributed by atoms with Gasteiger partial charge in [-0.1, -0.05) is 19.1 Å². The van der Waals surface area contributed by atoms with Crippen molar-refractivity contribution in [1.82, 2.24) is 20.5 Å². The number of aryl methyl sites for hydroxylation is 1. The molecule has 2 aromatic rings. The number of nitrogens with zero attached hydrogens (tertiary/aromatic N) is 3. The van der Waals surface area contributed by atoms with Crippen LogP contribution in [-0.4, -0.2) is 42.0 Å². The summed E-state index contributed by atoms with van der Waals surface area (Å²) in [5.41, 5.74) is 1.16. The third kappa shape index (κ3) is 6.01. The monoisotopic (exact) mass is 389 g/mol. The van der Waals surface area contributed by atoms with Gasteiger partial charge in [0.1, 0.15) is 10.8 Å². The first-order valence-corrected chi connectivity index (χ1v) is 10.4. The van der Waals surface area contributed by atoms with Crippen molar-refractivity contribution in [3.63, 3.8) is 0 Å². The Hall–Kier alpha value is -1.99. The molecule has 1 aromatic carbocycles. The summed E-state index contributed by atoms with van der Waals surface area (Å²) in [5, 5.41) is 7.98. The molecule has 2 heterocycles. The van der Waals surface area contributed by atoms with Crippen molar-refractivity contribution in [2.24, 2.45) is 4.99 Å². The number of piperidine rings is 1. The molecule has 5 nitrogen and oxygen atoms in total. The van der Waals surface area contributed by atoms with E-state index in [2.05, 4.69) is 32.4 Å². The molecule has 27 heavy (non-hydrogen) atoms. The first-order chi connectivity index (χ1) is 13.2. The molecule has 1 fully saturated rings. The Morgan fingerprint density at radius 2 is 2.04 bits per heavy atom. The van der Waals surface area contributed by atoms with Crippen LogP contribution in [0.25, 0.3) is 0 Å². The number of thiazole rings is 1. The quantitative estimate of drug-likeness (QED) is 0.589. The third-order valence-electron chi connectivity index (χ3n) is 4.83. The van der Waals surface area contributed by atoms with Gasteiger partial charge in [0.05, 0.1) is 6.54 Å². The van der Waals surface area contributed by atoms with Crippen LogP contribution in [0.15, 0.2) is 35.5 Å². The van der Waals surface area contributed by atoms with E-state index in [4.69, 9.17) is 0 Å². The van der Waals surface area contributed by atoms with Crippen LogP contribution in [0, 0.1) is 5.82 Å². The van der Waals surface area contributed by atoms with Crippen LogP contribution in [0.2, 0.25) is 0 Å². The highest BCUT2D eigenvalue weighted by atomic mass is 32.1. The Labute approximate surface area is 164 Å². The fraction of sp³-hybridized carbons (Fsp3) is 0.500. The molecule has 146 valence electrons. The van der Waals surface area contributed by atoms with Crippen molar-refractivity contribution >= 4 is 17.3 Å².